The lowest BCUT2D eigenvalue weighted by Gasteiger charge is -2.21. The Labute approximate surface area is 162 Å². The van der Waals surface area contributed by atoms with Crippen LogP contribution in [0.25, 0.3) is 10.4 Å². The van der Waals surface area contributed by atoms with Gasteiger partial charge in [0.15, 0.2) is 0 Å². The summed E-state index contributed by atoms with van der Waals surface area (Å²) in [7, 11) is -2.20. The number of methoxy groups -OCH3 is 1. The van der Waals surface area contributed by atoms with Gasteiger partial charge in [0.25, 0.3) is 0 Å². The van der Waals surface area contributed by atoms with Crippen LogP contribution >= 0.6 is 11.3 Å². The first-order chi connectivity index (χ1) is 12.8. The molecule has 1 aromatic heterocycles. The number of rotatable bonds is 5. The van der Waals surface area contributed by atoms with Crippen molar-refractivity contribution in [1.29, 1.82) is 0 Å². The van der Waals surface area contributed by atoms with E-state index in [0.29, 0.717) is 25.1 Å². The monoisotopic (exact) mass is 408 g/mol. The van der Waals surface area contributed by atoms with Crippen molar-refractivity contribution in [1.82, 2.24) is 4.31 Å². The van der Waals surface area contributed by atoms with Crippen LogP contribution < -0.4 is 5.32 Å². The van der Waals surface area contributed by atoms with Crippen molar-refractivity contribution in [3.8, 4) is 10.4 Å². The number of carbonyl (C=O) groups excluding carboxylic acids is 2. The second-order valence-corrected chi connectivity index (χ2v) is 9.22. The molecule has 2 heterocycles. The highest BCUT2D eigenvalue weighted by atomic mass is 32.2. The minimum absolute atomic E-state index is 0.272. The normalized spacial score (nSPS) is 17.6. The third-order valence-electron chi connectivity index (χ3n) is 4.35. The van der Waals surface area contributed by atoms with E-state index < -0.39 is 27.9 Å². The molecule has 3 rings (SSSR count). The maximum Gasteiger partial charge on any atom is 0.350 e. The van der Waals surface area contributed by atoms with Crippen LogP contribution in [-0.4, -0.2) is 50.6 Å². The molecule has 1 N–H and O–H groups in total. The summed E-state index contributed by atoms with van der Waals surface area (Å²) in [5, 5.41) is 2.72. The van der Waals surface area contributed by atoms with Crippen molar-refractivity contribution in [3.63, 3.8) is 0 Å². The number of carbonyl (C=O) groups is 2. The summed E-state index contributed by atoms with van der Waals surface area (Å²) in [6.45, 7) is 0.319. The zero-order valence-electron chi connectivity index (χ0n) is 15.0. The minimum atomic E-state index is -3.47. The van der Waals surface area contributed by atoms with Crippen molar-refractivity contribution in [2.45, 2.75) is 18.9 Å². The van der Waals surface area contributed by atoms with E-state index in [1.54, 1.807) is 6.07 Å². The van der Waals surface area contributed by atoms with Crippen molar-refractivity contribution in [2.75, 3.05) is 25.2 Å². The third-order valence-corrected chi connectivity index (χ3v) is 6.80. The fourth-order valence-electron chi connectivity index (χ4n) is 3.09. The van der Waals surface area contributed by atoms with E-state index in [-0.39, 0.29) is 4.88 Å². The maximum atomic E-state index is 12.7. The number of sulfonamides is 1. The van der Waals surface area contributed by atoms with Crippen molar-refractivity contribution < 1.29 is 22.7 Å². The predicted octanol–water partition coefficient (Wildman–Crippen LogP) is 2.56. The van der Waals surface area contributed by atoms with Crippen LogP contribution in [0.1, 0.15) is 22.5 Å². The molecule has 1 aromatic carbocycles. The van der Waals surface area contributed by atoms with Crippen molar-refractivity contribution >= 4 is 38.9 Å². The Morgan fingerprint density at radius 2 is 1.96 bits per heavy atom. The molecule has 27 heavy (non-hydrogen) atoms. The maximum absolute atomic E-state index is 12.7. The number of ether oxygens (including phenoxy) is 1. The molecule has 1 atom stereocenters. The van der Waals surface area contributed by atoms with Gasteiger partial charge in [0.05, 0.1) is 19.1 Å². The number of thiophene rings is 1. The van der Waals surface area contributed by atoms with E-state index in [0.717, 1.165) is 16.7 Å². The van der Waals surface area contributed by atoms with Gasteiger partial charge in [-0.25, -0.2) is 13.2 Å². The van der Waals surface area contributed by atoms with Gasteiger partial charge in [-0.2, -0.15) is 4.31 Å². The first kappa shape index (κ1) is 19.5. The summed E-state index contributed by atoms with van der Waals surface area (Å²) < 4.78 is 29.8. The van der Waals surface area contributed by atoms with E-state index in [4.69, 9.17) is 4.74 Å². The number of hydrogen-bond donors (Lipinski definition) is 1. The van der Waals surface area contributed by atoms with Crippen LogP contribution in [0.2, 0.25) is 0 Å². The predicted molar refractivity (Wildman–Crippen MR) is 104 cm³/mol. The Morgan fingerprint density at radius 1 is 1.26 bits per heavy atom. The molecule has 1 fully saturated rings. The number of nitrogens with zero attached hydrogens (tertiary/aromatic N) is 1. The van der Waals surface area contributed by atoms with Crippen LogP contribution in [0.4, 0.5) is 5.69 Å². The van der Waals surface area contributed by atoms with E-state index in [1.165, 1.54) is 22.8 Å². The molecule has 0 radical (unpaired) electrons. The highest BCUT2D eigenvalue weighted by Gasteiger charge is 2.37. The third kappa shape index (κ3) is 4.20. The first-order valence-electron chi connectivity index (χ1n) is 8.36. The fraction of sp³-hybridized carbons (Fsp3) is 0.333. The average Bonchev–Trinajstić information content (AvgIpc) is 3.29. The van der Waals surface area contributed by atoms with E-state index in [1.807, 2.05) is 30.3 Å². The second-order valence-electron chi connectivity index (χ2n) is 6.23. The van der Waals surface area contributed by atoms with Gasteiger partial charge in [-0.15, -0.1) is 11.3 Å². The zero-order chi connectivity index (χ0) is 19.6. The quantitative estimate of drug-likeness (QED) is 0.768. The van der Waals surface area contributed by atoms with Crippen molar-refractivity contribution in [2.24, 2.45) is 0 Å². The van der Waals surface area contributed by atoms with E-state index in [9.17, 15) is 18.0 Å². The molecule has 144 valence electrons. The number of esters is 1. The standard InChI is InChI=1S/C18H20N2O5S2/c1-25-18(22)16-13(11-15(26-16)12-7-4-3-5-8-12)19-17(21)14-9-6-10-20(14)27(2,23)24/h3-5,7-8,11,14H,6,9-10H2,1-2H3,(H,19,21). The molecule has 1 amide bonds. The summed E-state index contributed by atoms with van der Waals surface area (Å²) in [6, 6.07) is 10.4. The number of amides is 1. The topological polar surface area (TPSA) is 92.8 Å². The van der Waals surface area contributed by atoms with Crippen LogP contribution in [0.15, 0.2) is 36.4 Å². The molecule has 1 aliphatic rings. The highest BCUT2D eigenvalue weighted by Crippen LogP contribution is 2.35. The molecule has 2 aromatic rings. The van der Waals surface area contributed by atoms with Gasteiger partial charge in [0, 0.05) is 11.4 Å². The summed E-state index contributed by atoms with van der Waals surface area (Å²) in [6.07, 6.45) is 2.16. The highest BCUT2D eigenvalue weighted by molar-refractivity contribution is 7.88. The lowest BCUT2D eigenvalue weighted by atomic mass is 10.2. The van der Waals surface area contributed by atoms with Crippen molar-refractivity contribution in [3.05, 3.63) is 41.3 Å². The number of nitrogens with one attached hydrogen (secondary N) is 1. The summed E-state index contributed by atoms with van der Waals surface area (Å²) in [5.74, 6) is -0.996. The van der Waals surface area contributed by atoms with E-state index in [2.05, 4.69) is 5.32 Å². The molecular weight excluding hydrogens is 388 g/mol. The van der Waals surface area contributed by atoms with Gasteiger partial charge in [0.1, 0.15) is 10.9 Å². The number of anilines is 1. The Balaban J connectivity index is 1.90. The van der Waals surface area contributed by atoms with Gasteiger partial charge >= 0.3 is 5.97 Å². The molecule has 1 saturated heterocycles. The lowest BCUT2D eigenvalue weighted by molar-refractivity contribution is -0.119. The van der Waals surface area contributed by atoms with Gasteiger partial charge in [0.2, 0.25) is 15.9 Å². The summed E-state index contributed by atoms with van der Waals surface area (Å²) in [4.78, 5) is 25.9. The molecule has 1 unspecified atom stereocenters. The largest absolute Gasteiger partial charge is 0.465 e. The summed E-state index contributed by atoms with van der Waals surface area (Å²) in [5.41, 5.74) is 1.24. The van der Waals surface area contributed by atoms with Crippen LogP contribution in [-0.2, 0) is 19.6 Å². The Kier molecular flexibility index (Phi) is 5.64. The first-order valence-corrected chi connectivity index (χ1v) is 11.0. The summed E-state index contributed by atoms with van der Waals surface area (Å²) >= 11 is 1.22. The Hall–Kier alpha value is -2.23. The average molecular weight is 409 g/mol. The number of hydrogen-bond acceptors (Lipinski definition) is 6. The SMILES string of the molecule is COC(=O)c1sc(-c2ccccc2)cc1NC(=O)C1CCCN1S(C)(=O)=O. The molecule has 1 aliphatic heterocycles. The molecule has 9 heteroatoms. The van der Waals surface area contributed by atoms with Crippen LogP contribution in [0.5, 0.6) is 0 Å². The molecule has 0 saturated carbocycles. The van der Waals surface area contributed by atoms with Crippen LogP contribution in [0, 0.1) is 0 Å². The lowest BCUT2D eigenvalue weighted by Crippen LogP contribution is -2.42. The molecule has 0 aliphatic carbocycles. The van der Waals surface area contributed by atoms with Crippen LogP contribution in [0.3, 0.4) is 0 Å². The molecule has 7 nitrogen and oxygen atoms in total. The number of benzene rings is 1. The minimum Gasteiger partial charge on any atom is -0.465 e. The fourth-order valence-corrected chi connectivity index (χ4v) is 5.25. The smallest absolute Gasteiger partial charge is 0.350 e. The van der Waals surface area contributed by atoms with Gasteiger partial charge < -0.3 is 10.1 Å². The molecule has 0 spiro atoms. The van der Waals surface area contributed by atoms with Gasteiger partial charge in [-0.1, -0.05) is 30.3 Å². The Bertz CT molecular complexity index is 953. The van der Waals surface area contributed by atoms with Gasteiger partial charge in [-0.05, 0) is 24.5 Å². The van der Waals surface area contributed by atoms with Gasteiger partial charge in [-0.3, -0.25) is 4.79 Å². The zero-order valence-corrected chi connectivity index (χ0v) is 16.6. The second kappa shape index (κ2) is 7.79. The molecule has 0 bridgehead atoms. The Morgan fingerprint density at radius 3 is 2.59 bits per heavy atom. The van der Waals surface area contributed by atoms with E-state index >= 15 is 0 Å². The molecular formula is C18H20N2O5S2.